The zero-order chi connectivity index (χ0) is 17.8. The smallest absolute Gasteiger partial charge is 0.128 e. The first-order valence-corrected chi connectivity index (χ1v) is 7.58. The Morgan fingerprint density at radius 1 is 0.720 bits per heavy atom. The standard InChI is InChI=1S/C20H15N3O2/c1-24-17-9-5-3-7-13(17)19-15(11-21)16(12-22)20(23-19)14-8-4-6-10-18(14)25-2/h3-10,23H,1-2H3. The van der Waals surface area contributed by atoms with Crippen molar-refractivity contribution in [3.05, 3.63) is 59.7 Å². The minimum absolute atomic E-state index is 0.285. The Labute approximate surface area is 145 Å². The molecule has 0 aliphatic rings. The molecule has 0 fully saturated rings. The van der Waals surface area contributed by atoms with Crippen LogP contribution in [0.1, 0.15) is 11.1 Å². The van der Waals surface area contributed by atoms with Crippen molar-refractivity contribution in [1.29, 1.82) is 10.5 Å². The van der Waals surface area contributed by atoms with Crippen molar-refractivity contribution in [1.82, 2.24) is 4.98 Å². The lowest BCUT2D eigenvalue weighted by atomic mass is 10.0. The lowest BCUT2D eigenvalue weighted by Crippen LogP contribution is -1.90. The molecule has 122 valence electrons. The predicted octanol–water partition coefficient (Wildman–Crippen LogP) is 4.11. The SMILES string of the molecule is COc1ccccc1-c1[nH]c(-c2ccccc2OC)c(C#N)c1C#N. The third-order valence-corrected chi connectivity index (χ3v) is 3.98. The van der Waals surface area contributed by atoms with Crippen LogP contribution in [0.4, 0.5) is 0 Å². The number of hydrogen-bond donors (Lipinski definition) is 1. The summed E-state index contributed by atoms with van der Waals surface area (Å²) in [5.74, 6) is 1.24. The van der Waals surface area contributed by atoms with Crippen molar-refractivity contribution >= 4 is 0 Å². The second kappa shape index (κ2) is 6.82. The topological polar surface area (TPSA) is 81.8 Å². The molecule has 0 spiro atoms. The third-order valence-electron chi connectivity index (χ3n) is 3.98. The highest BCUT2D eigenvalue weighted by molar-refractivity contribution is 5.84. The van der Waals surface area contributed by atoms with E-state index in [0.29, 0.717) is 22.9 Å². The van der Waals surface area contributed by atoms with Crippen LogP contribution >= 0.6 is 0 Å². The summed E-state index contributed by atoms with van der Waals surface area (Å²) in [6.07, 6.45) is 0. The van der Waals surface area contributed by atoms with Gasteiger partial charge >= 0.3 is 0 Å². The van der Waals surface area contributed by atoms with E-state index in [0.717, 1.165) is 11.1 Å². The molecule has 1 N–H and O–H groups in total. The number of nitrogens with one attached hydrogen (secondary N) is 1. The van der Waals surface area contributed by atoms with Gasteiger partial charge in [-0.3, -0.25) is 0 Å². The number of para-hydroxylation sites is 2. The van der Waals surface area contributed by atoms with Gasteiger partial charge in [0.05, 0.1) is 36.7 Å². The Morgan fingerprint density at radius 2 is 1.12 bits per heavy atom. The first-order chi connectivity index (χ1) is 12.2. The molecule has 5 nitrogen and oxygen atoms in total. The van der Waals surface area contributed by atoms with E-state index in [1.165, 1.54) is 0 Å². The maximum Gasteiger partial charge on any atom is 0.128 e. The molecule has 0 bridgehead atoms. The van der Waals surface area contributed by atoms with Gasteiger partial charge in [-0.15, -0.1) is 0 Å². The van der Waals surface area contributed by atoms with Gasteiger partial charge in [0.25, 0.3) is 0 Å². The van der Waals surface area contributed by atoms with Crippen LogP contribution in [0.15, 0.2) is 48.5 Å². The number of nitriles is 2. The van der Waals surface area contributed by atoms with E-state index in [1.54, 1.807) is 14.2 Å². The van der Waals surface area contributed by atoms with Crippen molar-refractivity contribution in [2.45, 2.75) is 0 Å². The van der Waals surface area contributed by atoms with Crippen LogP contribution in [-0.2, 0) is 0 Å². The fourth-order valence-corrected chi connectivity index (χ4v) is 2.83. The normalized spacial score (nSPS) is 9.92. The van der Waals surface area contributed by atoms with E-state index in [1.807, 2.05) is 48.5 Å². The molecule has 3 rings (SSSR count). The van der Waals surface area contributed by atoms with Crippen LogP contribution in [0.5, 0.6) is 11.5 Å². The number of benzene rings is 2. The molecular weight excluding hydrogens is 314 g/mol. The maximum absolute atomic E-state index is 9.65. The molecule has 0 unspecified atom stereocenters. The molecular formula is C20H15N3O2. The van der Waals surface area contributed by atoms with Gasteiger partial charge in [0, 0.05) is 11.1 Å². The van der Waals surface area contributed by atoms with Crippen molar-refractivity contribution < 1.29 is 9.47 Å². The summed E-state index contributed by atoms with van der Waals surface area (Å²) in [5.41, 5.74) is 3.12. The fourth-order valence-electron chi connectivity index (χ4n) is 2.83. The van der Waals surface area contributed by atoms with Crippen LogP contribution < -0.4 is 9.47 Å². The average Bonchev–Trinajstić information content (AvgIpc) is 3.05. The van der Waals surface area contributed by atoms with E-state index >= 15 is 0 Å². The second-order valence-corrected chi connectivity index (χ2v) is 5.25. The largest absolute Gasteiger partial charge is 0.496 e. The third kappa shape index (κ3) is 2.69. The summed E-state index contributed by atoms with van der Waals surface area (Å²) in [5, 5.41) is 19.3. The molecule has 25 heavy (non-hydrogen) atoms. The summed E-state index contributed by atoms with van der Waals surface area (Å²) < 4.78 is 10.8. The molecule has 1 heterocycles. The van der Waals surface area contributed by atoms with Crippen LogP contribution in [0.25, 0.3) is 22.5 Å². The van der Waals surface area contributed by atoms with Crippen LogP contribution in [0.3, 0.4) is 0 Å². The number of aromatic amines is 1. The van der Waals surface area contributed by atoms with Gasteiger partial charge < -0.3 is 14.5 Å². The van der Waals surface area contributed by atoms with Crippen molar-refractivity contribution in [3.63, 3.8) is 0 Å². The molecule has 0 saturated carbocycles. The Balaban J connectivity index is 2.32. The summed E-state index contributed by atoms with van der Waals surface area (Å²) in [4.78, 5) is 3.23. The molecule has 0 aliphatic carbocycles. The number of hydrogen-bond acceptors (Lipinski definition) is 4. The van der Waals surface area contributed by atoms with Crippen LogP contribution in [0.2, 0.25) is 0 Å². The highest BCUT2D eigenvalue weighted by Crippen LogP contribution is 2.39. The molecule has 1 aromatic heterocycles. The van der Waals surface area contributed by atoms with E-state index in [2.05, 4.69) is 17.1 Å². The van der Waals surface area contributed by atoms with Crippen molar-refractivity contribution in [2.75, 3.05) is 14.2 Å². The lowest BCUT2D eigenvalue weighted by molar-refractivity contribution is 0.416. The number of ether oxygens (including phenoxy) is 2. The van der Waals surface area contributed by atoms with Gasteiger partial charge in [0.15, 0.2) is 0 Å². The first kappa shape index (κ1) is 16.2. The summed E-state index contributed by atoms with van der Waals surface area (Å²) >= 11 is 0. The quantitative estimate of drug-likeness (QED) is 0.781. The van der Waals surface area contributed by atoms with Crippen LogP contribution in [0, 0.1) is 22.7 Å². The number of nitrogens with zero attached hydrogens (tertiary/aromatic N) is 2. The van der Waals surface area contributed by atoms with Gasteiger partial charge in [-0.1, -0.05) is 24.3 Å². The summed E-state index contributed by atoms with van der Waals surface area (Å²) in [6, 6.07) is 19.0. The predicted molar refractivity (Wildman–Crippen MR) is 94.2 cm³/mol. The van der Waals surface area contributed by atoms with E-state index in [4.69, 9.17) is 9.47 Å². The lowest BCUT2D eigenvalue weighted by Gasteiger charge is -2.08. The molecule has 0 aliphatic heterocycles. The maximum atomic E-state index is 9.65. The molecule has 5 heteroatoms. The molecule has 0 amide bonds. The Morgan fingerprint density at radius 3 is 1.48 bits per heavy atom. The first-order valence-electron chi connectivity index (χ1n) is 7.58. The Kier molecular flexibility index (Phi) is 4.41. The zero-order valence-corrected chi connectivity index (χ0v) is 13.8. The summed E-state index contributed by atoms with van der Waals surface area (Å²) in [7, 11) is 3.14. The highest BCUT2D eigenvalue weighted by Gasteiger charge is 2.23. The van der Waals surface area contributed by atoms with Gasteiger partial charge in [-0.25, -0.2) is 0 Å². The zero-order valence-electron chi connectivity index (χ0n) is 13.8. The van der Waals surface area contributed by atoms with Crippen molar-refractivity contribution in [3.8, 4) is 46.2 Å². The van der Waals surface area contributed by atoms with Gasteiger partial charge in [-0.05, 0) is 24.3 Å². The van der Waals surface area contributed by atoms with Crippen LogP contribution in [-0.4, -0.2) is 19.2 Å². The van der Waals surface area contributed by atoms with Gasteiger partial charge in [0.1, 0.15) is 23.6 Å². The summed E-state index contributed by atoms with van der Waals surface area (Å²) in [6.45, 7) is 0. The van der Waals surface area contributed by atoms with E-state index < -0.39 is 0 Å². The molecule has 0 radical (unpaired) electrons. The highest BCUT2D eigenvalue weighted by atomic mass is 16.5. The van der Waals surface area contributed by atoms with Gasteiger partial charge in [0.2, 0.25) is 0 Å². The minimum Gasteiger partial charge on any atom is -0.496 e. The fraction of sp³-hybridized carbons (Fsp3) is 0.100. The number of rotatable bonds is 4. The second-order valence-electron chi connectivity index (χ2n) is 5.25. The molecule has 3 aromatic rings. The Hall–Kier alpha value is -3.70. The molecule has 0 saturated heterocycles. The Bertz CT molecular complexity index is 927. The minimum atomic E-state index is 0.285. The van der Waals surface area contributed by atoms with E-state index in [-0.39, 0.29) is 11.1 Å². The average molecular weight is 329 g/mol. The monoisotopic (exact) mass is 329 g/mol. The number of methoxy groups -OCH3 is 2. The van der Waals surface area contributed by atoms with Gasteiger partial charge in [-0.2, -0.15) is 10.5 Å². The molecule has 2 aromatic carbocycles. The van der Waals surface area contributed by atoms with E-state index in [9.17, 15) is 10.5 Å². The number of H-pyrrole nitrogens is 1. The number of aromatic nitrogens is 1. The molecule has 0 atom stereocenters. The van der Waals surface area contributed by atoms with Crippen molar-refractivity contribution in [2.24, 2.45) is 0 Å².